The van der Waals surface area contributed by atoms with Gasteiger partial charge in [0, 0.05) is 5.92 Å². The highest BCUT2D eigenvalue weighted by Gasteiger charge is 2.31. The molecule has 0 heterocycles. The quantitative estimate of drug-likeness (QED) is 0.177. The van der Waals surface area contributed by atoms with Crippen molar-refractivity contribution in [2.45, 2.75) is 64.6 Å². The number of alkyl carbamates (subject to hydrolysis) is 2. The molecule has 0 bridgehead atoms. The zero-order valence-corrected chi connectivity index (χ0v) is 27.3. The van der Waals surface area contributed by atoms with Gasteiger partial charge in [-0.3, -0.25) is 19.2 Å². The third-order valence-corrected chi connectivity index (χ3v) is 7.02. The van der Waals surface area contributed by atoms with Crippen LogP contribution in [0.3, 0.4) is 0 Å². The number of carbonyl (C=O) groups is 6. The van der Waals surface area contributed by atoms with Gasteiger partial charge in [-0.1, -0.05) is 62.4 Å². The van der Waals surface area contributed by atoms with Crippen molar-refractivity contribution in [2.24, 2.45) is 11.7 Å². The second kappa shape index (κ2) is 16.4. The van der Waals surface area contributed by atoms with E-state index in [4.69, 9.17) is 15.2 Å². The van der Waals surface area contributed by atoms with Gasteiger partial charge in [0.1, 0.15) is 24.3 Å². The molecule has 0 aliphatic heterocycles. The minimum Gasteiger partial charge on any atom is -0.449 e. The Morgan fingerprint density at radius 3 is 1.91 bits per heavy atom. The fraction of sp³-hybridized carbons (Fsp3) is 0.455. The van der Waals surface area contributed by atoms with Crippen LogP contribution < -0.4 is 32.3 Å². The van der Waals surface area contributed by atoms with E-state index in [1.807, 2.05) is 62.4 Å². The summed E-state index contributed by atoms with van der Waals surface area (Å²) in [4.78, 5) is 74.7. The molecule has 2 atom stereocenters. The Morgan fingerprint density at radius 2 is 1.36 bits per heavy atom. The summed E-state index contributed by atoms with van der Waals surface area (Å²) in [5.74, 6) is -3.07. The molecule has 254 valence electrons. The van der Waals surface area contributed by atoms with Crippen LogP contribution in [0.5, 0.6) is 0 Å². The average Bonchev–Trinajstić information content (AvgIpc) is 3.31. The molecular formula is C33H44N6O8. The Bertz CT molecular complexity index is 1430. The smallest absolute Gasteiger partial charge is 0.408 e. The van der Waals surface area contributed by atoms with Crippen molar-refractivity contribution in [3.63, 3.8) is 0 Å². The van der Waals surface area contributed by atoms with Crippen molar-refractivity contribution >= 4 is 35.8 Å². The molecule has 47 heavy (non-hydrogen) atoms. The topological polar surface area (TPSA) is 207 Å². The van der Waals surface area contributed by atoms with E-state index in [1.165, 1.54) is 0 Å². The van der Waals surface area contributed by atoms with Gasteiger partial charge in [0.05, 0.1) is 19.6 Å². The number of amides is 6. The maximum atomic E-state index is 13.4. The Kier molecular flexibility index (Phi) is 12.7. The summed E-state index contributed by atoms with van der Waals surface area (Å²) < 4.78 is 10.9. The number of primary amides is 1. The van der Waals surface area contributed by atoms with Gasteiger partial charge < -0.3 is 41.8 Å². The maximum Gasteiger partial charge on any atom is 0.408 e. The molecular weight excluding hydrogens is 608 g/mol. The Labute approximate surface area is 273 Å². The average molecular weight is 653 g/mol. The fourth-order valence-electron chi connectivity index (χ4n) is 5.01. The van der Waals surface area contributed by atoms with Crippen LogP contribution >= 0.6 is 0 Å². The number of fused-ring (bicyclic) bond motifs is 3. The van der Waals surface area contributed by atoms with Crippen molar-refractivity contribution in [3.05, 3.63) is 59.7 Å². The number of hydrogen-bond donors (Lipinski definition) is 6. The molecule has 0 saturated heterocycles. The summed E-state index contributed by atoms with van der Waals surface area (Å²) in [7, 11) is 0. The van der Waals surface area contributed by atoms with Crippen molar-refractivity contribution in [2.75, 3.05) is 26.2 Å². The van der Waals surface area contributed by atoms with Crippen LogP contribution in [0.4, 0.5) is 9.59 Å². The molecule has 2 aromatic carbocycles. The predicted octanol–water partition coefficient (Wildman–Crippen LogP) is 1.67. The van der Waals surface area contributed by atoms with E-state index in [0.717, 1.165) is 22.3 Å². The summed E-state index contributed by atoms with van der Waals surface area (Å²) in [6, 6.07) is 13.3. The number of rotatable bonds is 14. The van der Waals surface area contributed by atoms with Crippen molar-refractivity contribution < 1.29 is 38.2 Å². The molecule has 1 aliphatic rings. The number of nitrogens with two attached hydrogens (primary N) is 1. The summed E-state index contributed by atoms with van der Waals surface area (Å²) in [6.45, 7) is 7.43. The molecule has 14 nitrogen and oxygen atoms in total. The van der Waals surface area contributed by atoms with Gasteiger partial charge in [0.25, 0.3) is 0 Å². The van der Waals surface area contributed by atoms with Crippen LogP contribution in [-0.4, -0.2) is 79.7 Å². The second-order valence-corrected chi connectivity index (χ2v) is 12.6. The Morgan fingerprint density at radius 1 is 0.766 bits per heavy atom. The van der Waals surface area contributed by atoms with Gasteiger partial charge in [0.15, 0.2) is 0 Å². The summed E-state index contributed by atoms with van der Waals surface area (Å²) in [5, 5.41) is 12.2. The lowest BCUT2D eigenvalue weighted by atomic mass is 9.98. The van der Waals surface area contributed by atoms with Gasteiger partial charge in [-0.05, 0) is 55.4 Å². The molecule has 0 radical (unpaired) electrons. The molecule has 0 unspecified atom stereocenters. The van der Waals surface area contributed by atoms with Crippen LogP contribution in [-0.2, 0) is 28.7 Å². The minimum atomic E-state index is -1.35. The number of carbonyl (C=O) groups excluding carboxylic acids is 6. The van der Waals surface area contributed by atoms with E-state index in [1.54, 1.807) is 20.8 Å². The highest BCUT2D eigenvalue weighted by Crippen LogP contribution is 2.44. The summed E-state index contributed by atoms with van der Waals surface area (Å²) in [5.41, 5.74) is 8.35. The molecule has 14 heteroatoms. The minimum absolute atomic E-state index is 0.0415. The maximum absolute atomic E-state index is 13.4. The monoisotopic (exact) mass is 652 g/mol. The highest BCUT2D eigenvalue weighted by atomic mass is 16.6. The summed E-state index contributed by atoms with van der Waals surface area (Å²) >= 11 is 0. The van der Waals surface area contributed by atoms with Gasteiger partial charge in [0.2, 0.25) is 23.6 Å². The van der Waals surface area contributed by atoms with E-state index in [2.05, 4.69) is 26.6 Å². The van der Waals surface area contributed by atoms with E-state index >= 15 is 0 Å². The number of benzene rings is 2. The molecule has 7 N–H and O–H groups in total. The molecule has 0 saturated carbocycles. The third kappa shape index (κ3) is 11.3. The zero-order valence-electron chi connectivity index (χ0n) is 27.3. The molecule has 0 spiro atoms. The van der Waals surface area contributed by atoms with Gasteiger partial charge >= 0.3 is 12.2 Å². The molecule has 1 aliphatic carbocycles. The molecule has 2 aromatic rings. The molecule has 0 fully saturated rings. The second-order valence-electron chi connectivity index (χ2n) is 12.6. The lowest BCUT2D eigenvalue weighted by molar-refractivity contribution is -0.131. The lowest BCUT2D eigenvalue weighted by Crippen LogP contribution is -2.58. The van der Waals surface area contributed by atoms with Crippen LogP contribution in [0.25, 0.3) is 11.1 Å². The van der Waals surface area contributed by atoms with Crippen LogP contribution in [0.1, 0.15) is 58.1 Å². The van der Waals surface area contributed by atoms with Gasteiger partial charge in [-0.15, -0.1) is 0 Å². The van der Waals surface area contributed by atoms with Crippen molar-refractivity contribution in [1.82, 2.24) is 26.6 Å². The zero-order chi connectivity index (χ0) is 34.7. The highest BCUT2D eigenvalue weighted by molar-refractivity contribution is 5.93. The number of ether oxygens (including phenoxy) is 2. The first-order valence-electron chi connectivity index (χ1n) is 15.4. The number of nitrogens with one attached hydrogen (secondary N) is 5. The van der Waals surface area contributed by atoms with Gasteiger partial charge in [-0.2, -0.15) is 0 Å². The first kappa shape index (κ1) is 36.3. The molecule has 3 rings (SSSR count). The third-order valence-electron chi connectivity index (χ3n) is 7.02. The fourth-order valence-corrected chi connectivity index (χ4v) is 5.01. The van der Waals surface area contributed by atoms with Crippen molar-refractivity contribution in [3.8, 4) is 11.1 Å². The van der Waals surface area contributed by atoms with Crippen LogP contribution in [0.2, 0.25) is 0 Å². The van der Waals surface area contributed by atoms with Gasteiger partial charge in [-0.25, -0.2) is 9.59 Å². The van der Waals surface area contributed by atoms with E-state index in [9.17, 15) is 28.8 Å². The lowest BCUT2D eigenvalue weighted by Gasteiger charge is -2.26. The standard InChI is InChI=1S/C33H44N6O8/c1-19(2)14-25(29(42)36-17-28(41)35-16-27(34)40)38-30(43)26(39-32(45)47-33(3,4)5)15-37-31(44)46-18-24-22-12-8-6-10-20(22)21-11-7-9-13-23(21)24/h6-13,19,24-26H,14-18H2,1-5H3,(H2,34,40)(H,35,41)(H,36,42)(H,37,44)(H,38,43)(H,39,45)/t25-,26-/m0/s1. The van der Waals surface area contributed by atoms with Crippen LogP contribution in [0.15, 0.2) is 48.5 Å². The first-order chi connectivity index (χ1) is 22.1. The van der Waals surface area contributed by atoms with E-state index in [0.29, 0.717) is 0 Å². The van der Waals surface area contributed by atoms with E-state index in [-0.39, 0.29) is 31.4 Å². The molecule has 6 amide bonds. The van der Waals surface area contributed by atoms with Crippen LogP contribution in [0, 0.1) is 5.92 Å². The Balaban J connectivity index is 1.66. The SMILES string of the molecule is CC(C)C[C@H](NC(=O)[C@H](CNC(=O)OCC1c2ccccc2-c2ccccc21)NC(=O)OC(C)(C)C)C(=O)NCC(=O)NCC(N)=O. The first-order valence-corrected chi connectivity index (χ1v) is 15.4. The largest absolute Gasteiger partial charge is 0.449 e. The normalized spacial score (nSPS) is 13.3. The summed E-state index contributed by atoms with van der Waals surface area (Å²) in [6.07, 6.45) is -1.53. The number of hydrogen-bond acceptors (Lipinski definition) is 8. The van der Waals surface area contributed by atoms with Crippen molar-refractivity contribution in [1.29, 1.82) is 0 Å². The Hall–Kier alpha value is -5.14. The van der Waals surface area contributed by atoms with E-state index < -0.39 is 66.6 Å². The molecule has 0 aromatic heterocycles. The predicted molar refractivity (Wildman–Crippen MR) is 173 cm³/mol.